The summed E-state index contributed by atoms with van der Waals surface area (Å²) in [7, 11) is -3.94. The fraction of sp³-hybridized carbons (Fsp3) is 0.364. The molecule has 0 amide bonds. The van der Waals surface area contributed by atoms with Gasteiger partial charge in [-0.2, -0.15) is 0 Å². The Labute approximate surface area is 108 Å². The maximum absolute atomic E-state index is 13.6. The van der Waals surface area contributed by atoms with Gasteiger partial charge in [0.05, 0.1) is 6.61 Å². The molecule has 0 aliphatic carbocycles. The van der Waals surface area contributed by atoms with Gasteiger partial charge in [-0.15, -0.1) is 0 Å². The molecule has 0 saturated heterocycles. The molecule has 1 aromatic carbocycles. The van der Waals surface area contributed by atoms with Crippen molar-refractivity contribution in [2.75, 3.05) is 12.9 Å². The average molecular weight is 294 g/mol. The Morgan fingerprint density at radius 2 is 1.95 bits per heavy atom. The minimum absolute atomic E-state index is 0.0403. The van der Waals surface area contributed by atoms with Gasteiger partial charge in [0.1, 0.15) is 16.5 Å². The Hall–Kier alpha value is -1.54. The summed E-state index contributed by atoms with van der Waals surface area (Å²) in [6.07, 6.45) is -1.30. The third-order valence-corrected chi connectivity index (χ3v) is 3.37. The highest BCUT2D eigenvalue weighted by Gasteiger charge is 2.26. The summed E-state index contributed by atoms with van der Waals surface area (Å²) in [5, 5.41) is 9.49. The van der Waals surface area contributed by atoms with Crippen molar-refractivity contribution in [2.24, 2.45) is 0 Å². The van der Waals surface area contributed by atoms with Crippen LogP contribution >= 0.6 is 0 Å². The largest absolute Gasteiger partial charge is 0.464 e. The number of sulfone groups is 1. The van der Waals surface area contributed by atoms with Crippen molar-refractivity contribution in [3.63, 3.8) is 0 Å². The molecular weight excluding hydrogens is 282 g/mol. The summed E-state index contributed by atoms with van der Waals surface area (Å²) >= 11 is 0. The average Bonchev–Trinajstić information content (AvgIpc) is 2.29. The zero-order valence-corrected chi connectivity index (χ0v) is 11.0. The fourth-order valence-corrected chi connectivity index (χ4v) is 2.12. The summed E-state index contributed by atoms with van der Waals surface area (Å²) in [6, 6.07) is 0.885. The van der Waals surface area contributed by atoms with Gasteiger partial charge in [0.2, 0.25) is 0 Å². The number of aliphatic hydroxyl groups is 1. The second-order valence-corrected chi connectivity index (χ2v) is 5.72. The smallest absolute Gasteiger partial charge is 0.339 e. The number of benzene rings is 1. The number of carbonyl (C=O) groups is 1. The van der Waals surface area contributed by atoms with Gasteiger partial charge in [-0.05, 0) is 19.1 Å². The van der Waals surface area contributed by atoms with E-state index in [0.29, 0.717) is 18.4 Å². The SMILES string of the molecule is CCOC(=O)C(O)c1cc(F)c(S(C)(=O)=O)cc1F. The Morgan fingerprint density at radius 1 is 1.37 bits per heavy atom. The van der Waals surface area contributed by atoms with E-state index in [1.54, 1.807) is 0 Å². The Morgan fingerprint density at radius 3 is 2.42 bits per heavy atom. The van der Waals surface area contributed by atoms with Crippen LogP contribution in [0.2, 0.25) is 0 Å². The minimum Gasteiger partial charge on any atom is -0.464 e. The Bertz CT molecular complexity index is 597. The summed E-state index contributed by atoms with van der Waals surface area (Å²) in [5.41, 5.74) is -0.677. The van der Waals surface area contributed by atoms with Crippen LogP contribution in [0.3, 0.4) is 0 Å². The molecule has 0 aliphatic heterocycles. The van der Waals surface area contributed by atoms with E-state index in [1.165, 1.54) is 6.92 Å². The van der Waals surface area contributed by atoms with Gasteiger partial charge >= 0.3 is 5.97 Å². The lowest BCUT2D eigenvalue weighted by atomic mass is 10.1. The molecule has 1 unspecified atom stereocenters. The van der Waals surface area contributed by atoms with Crippen molar-refractivity contribution in [1.29, 1.82) is 0 Å². The van der Waals surface area contributed by atoms with Gasteiger partial charge in [0.25, 0.3) is 0 Å². The zero-order chi connectivity index (χ0) is 14.8. The summed E-state index contributed by atoms with van der Waals surface area (Å²) in [6.45, 7) is 1.44. The topological polar surface area (TPSA) is 80.7 Å². The summed E-state index contributed by atoms with van der Waals surface area (Å²) < 4.78 is 53.9. The van der Waals surface area contributed by atoms with Crippen LogP contribution in [0.5, 0.6) is 0 Å². The molecule has 5 nitrogen and oxygen atoms in total. The van der Waals surface area contributed by atoms with E-state index in [4.69, 9.17) is 0 Å². The quantitative estimate of drug-likeness (QED) is 0.837. The molecule has 0 aliphatic rings. The van der Waals surface area contributed by atoms with Gasteiger partial charge in [-0.25, -0.2) is 22.0 Å². The second-order valence-electron chi connectivity index (χ2n) is 3.73. The van der Waals surface area contributed by atoms with E-state index in [2.05, 4.69) is 4.74 Å². The second kappa shape index (κ2) is 5.62. The van der Waals surface area contributed by atoms with Gasteiger partial charge in [-0.3, -0.25) is 0 Å². The normalized spacial score (nSPS) is 13.1. The van der Waals surface area contributed by atoms with Crippen molar-refractivity contribution < 1.29 is 31.8 Å². The third-order valence-electron chi connectivity index (χ3n) is 2.26. The van der Waals surface area contributed by atoms with Crippen LogP contribution in [0.25, 0.3) is 0 Å². The summed E-state index contributed by atoms with van der Waals surface area (Å²) in [5.74, 6) is -3.60. The first kappa shape index (κ1) is 15.5. The highest BCUT2D eigenvalue weighted by molar-refractivity contribution is 7.90. The van der Waals surface area contributed by atoms with Crippen molar-refractivity contribution in [1.82, 2.24) is 0 Å². The van der Waals surface area contributed by atoms with Gasteiger partial charge in [0.15, 0.2) is 15.9 Å². The molecule has 0 aromatic heterocycles. The predicted octanol–water partition coefficient (Wildman–Crippen LogP) is 0.965. The van der Waals surface area contributed by atoms with E-state index in [9.17, 15) is 27.1 Å². The van der Waals surface area contributed by atoms with Crippen molar-refractivity contribution >= 4 is 15.8 Å². The first-order valence-electron chi connectivity index (χ1n) is 5.22. The number of carbonyl (C=O) groups excluding carboxylic acids is 1. The van der Waals surface area contributed by atoms with Crippen LogP contribution in [0.1, 0.15) is 18.6 Å². The van der Waals surface area contributed by atoms with E-state index < -0.39 is 44.0 Å². The molecule has 0 bridgehead atoms. The number of hydrogen-bond acceptors (Lipinski definition) is 5. The lowest BCUT2D eigenvalue weighted by molar-refractivity contribution is -0.153. The van der Waals surface area contributed by atoms with Crippen LogP contribution in [-0.4, -0.2) is 32.4 Å². The molecule has 0 heterocycles. The molecule has 8 heteroatoms. The van der Waals surface area contributed by atoms with Crippen LogP contribution < -0.4 is 0 Å². The molecule has 0 radical (unpaired) electrons. The standard InChI is InChI=1S/C11H12F2O5S/c1-3-18-11(15)10(14)6-4-8(13)9(5-7(6)12)19(2,16)17/h4-5,10,14H,3H2,1-2H3. The lowest BCUT2D eigenvalue weighted by Gasteiger charge is -2.12. The molecule has 0 saturated carbocycles. The minimum atomic E-state index is -3.94. The number of esters is 1. The van der Waals surface area contributed by atoms with Crippen LogP contribution in [0.15, 0.2) is 17.0 Å². The van der Waals surface area contributed by atoms with Crippen molar-refractivity contribution in [3.05, 3.63) is 29.3 Å². The van der Waals surface area contributed by atoms with E-state index in [-0.39, 0.29) is 6.61 Å². The first-order valence-corrected chi connectivity index (χ1v) is 7.11. The van der Waals surface area contributed by atoms with Crippen molar-refractivity contribution in [2.45, 2.75) is 17.9 Å². The number of halogens is 2. The molecule has 106 valence electrons. The van der Waals surface area contributed by atoms with Gasteiger partial charge in [-0.1, -0.05) is 0 Å². The monoisotopic (exact) mass is 294 g/mol. The molecule has 19 heavy (non-hydrogen) atoms. The molecule has 1 aromatic rings. The number of ether oxygens (including phenoxy) is 1. The zero-order valence-electron chi connectivity index (χ0n) is 10.2. The van der Waals surface area contributed by atoms with Crippen LogP contribution in [0, 0.1) is 11.6 Å². The first-order chi connectivity index (χ1) is 8.68. The van der Waals surface area contributed by atoms with Crippen molar-refractivity contribution in [3.8, 4) is 0 Å². The third kappa shape index (κ3) is 3.48. The molecule has 0 fully saturated rings. The van der Waals surface area contributed by atoms with Gasteiger partial charge in [0, 0.05) is 11.8 Å². The number of aliphatic hydroxyl groups excluding tert-OH is 1. The molecular formula is C11H12F2O5S. The molecule has 1 rings (SSSR count). The maximum Gasteiger partial charge on any atom is 0.339 e. The van der Waals surface area contributed by atoms with Gasteiger partial charge < -0.3 is 9.84 Å². The fourth-order valence-electron chi connectivity index (χ4n) is 1.39. The Kier molecular flexibility index (Phi) is 4.59. The summed E-state index contributed by atoms with van der Waals surface area (Å²) in [4.78, 5) is 10.4. The number of hydrogen-bond donors (Lipinski definition) is 1. The van der Waals surface area contributed by atoms with Crippen LogP contribution in [-0.2, 0) is 19.4 Å². The number of rotatable bonds is 4. The maximum atomic E-state index is 13.6. The molecule has 0 spiro atoms. The van der Waals surface area contributed by atoms with E-state index in [1.807, 2.05) is 0 Å². The highest BCUT2D eigenvalue weighted by Crippen LogP contribution is 2.24. The molecule has 1 atom stereocenters. The van der Waals surface area contributed by atoms with Crippen LogP contribution in [0.4, 0.5) is 8.78 Å². The Balaban J connectivity index is 3.27. The van der Waals surface area contributed by atoms with E-state index >= 15 is 0 Å². The lowest BCUT2D eigenvalue weighted by Crippen LogP contribution is -2.17. The molecule has 1 N–H and O–H groups in total. The van der Waals surface area contributed by atoms with E-state index in [0.717, 1.165) is 0 Å². The highest BCUT2D eigenvalue weighted by atomic mass is 32.2. The predicted molar refractivity (Wildman–Crippen MR) is 61.1 cm³/mol.